The predicted octanol–water partition coefficient (Wildman–Crippen LogP) is 3.44. The molecule has 6 heteroatoms. The Morgan fingerprint density at radius 1 is 1.32 bits per heavy atom. The van der Waals surface area contributed by atoms with E-state index in [0.717, 1.165) is 44.3 Å². The summed E-state index contributed by atoms with van der Waals surface area (Å²) in [5.41, 5.74) is 0.391. The summed E-state index contributed by atoms with van der Waals surface area (Å²) in [6.45, 7) is 3.29. The maximum absolute atomic E-state index is 5.39. The zero-order chi connectivity index (χ0) is 17.4. The largest absolute Gasteiger partial charge is 0.469 e. The summed E-state index contributed by atoms with van der Waals surface area (Å²) < 4.78 is 10.6. The molecule has 0 aromatic carbocycles. The average molecular weight is 362 g/mol. The van der Waals surface area contributed by atoms with Gasteiger partial charge < -0.3 is 19.8 Å². The number of nitrogens with one attached hydrogen (secondary N) is 2. The van der Waals surface area contributed by atoms with Crippen molar-refractivity contribution < 1.29 is 9.15 Å². The van der Waals surface area contributed by atoms with Crippen LogP contribution in [0.1, 0.15) is 29.9 Å². The molecule has 2 heterocycles. The molecule has 0 bridgehead atoms. The molecule has 0 spiro atoms. The Morgan fingerprint density at radius 3 is 2.92 bits per heavy atom. The molecule has 0 radical (unpaired) electrons. The van der Waals surface area contributed by atoms with Crippen LogP contribution in [0.2, 0.25) is 0 Å². The lowest BCUT2D eigenvalue weighted by molar-refractivity contribution is 0.172. The van der Waals surface area contributed by atoms with Crippen molar-refractivity contribution in [2.45, 2.75) is 32.2 Å². The van der Waals surface area contributed by atoms with Gasteiger partial charge in [0, 0.05) is 38.1 Å². The first-order valence-electron chi connectivity index (χ1n) is 8.86. The van der Waals surface area contributed by atoms with Crippen LogP contribution in [-0.4, -0.2) is 32.8 Å². The van der Waals surface area contributed by atoms with E-state index in [-0.39, 0.29) is 0 Å². The Labute approximate surface area is 153 Å². The molecule has 1 fully saturated rings. The van der Waals surface area contributed by atoms with Gasteiger partial charge in [-0.3, -0.25) is 0 Å². The maximum Gasteiger partial charge on any atom is 0.191 e. The topological polar surface area (TPSA) is 58.8 Å². The van der Waals surface area contributed by atoms with Crippen molar-refractivity contribution in [2.75, 3.05) is 26.8 Å². The van der Waals surface area contributed by atoms with Gasteiger partial charge in [0.2, 0.25) is 0 Å². The fourth-order valence-corrected chi connectivity index (χ4v) is 3.40. The van der Waals surface area contributed by atoms with Crippen molar-refractivity contribution in [1.29, 1.82) is 0 Å². The Morgan fingerprint density at radius 2 is 2.24 bits per heavy atom. The third-order valence-corrected chi connectivity index (χ3v) is 5.50. The number of rotatable bonds is 10. The number of nitrogens with zero attached hydrogens (tertiary/aromatic N) is 1. The van der Waals surface area contributed by atoms with Gasteiger partial charge in [-0.1, -0.05) is 6.07 Å². The van der Waals surface area contributed by atoms with Crippen molar-refractivity contribution in [3.8, 4) is 0 Å². The van der Waals surface area contributed by atoms with E-state index >= 15 is 0 Å². The normalized spacial score (nSPS) is 16.0. The molecule has 3 rings (SSSR count). The molecule has 0 unspecified atom stereocenters. The molecule has 2 aromatic heterocycles. The van der Waals surface area contributed by atoms with Crippen molar-refractivity contribution in [2.24, 2.45) is 10.4 Å². The van der Waals surface area contributed by atoms with E-state index in [1.54, 1.807) is 24.7 Å². The first-order valence-corrected chi connectivity index (χ1v) is 9.74. The smallest absolute Gasteiger partial charge is 0.191 e. The van der Waals surface area contributed by atoms with Crippen LogP contribution in [0.4, 0.5) is 0 Å². The summed E-state index contributed by atoms with van der Waals surface area (Å²) in [6, 6.07) is 8.11. The molecule has 0 atom stereocenters. The molecular weight excluding hydrogens is 334 g/mol. The highest BCUT2D eigenvalue weighted by molar-refractivity contribution is 7.09. The van der Waals surface area contributed by atoms with Crippen LogP contribution in [0.15, 0.2) is 45.3 Å². The van der Waals surface area contributed by atoms with E-state index < -0.39 is 0 Å². The second-order valence-electron chi connectivity index (χ2n) is 6.60. The van der Waals surface area contributed by atoms with Crippen LogP contribution in [-0.2, 0) is 17.7 Å². The van der Waals surface area contributed by atoms with Gasteiger partial charge in [-0.15, -0.1) is 11.3 Å². The molecule has 0 amide bonds. The number of furan rings is 1. The van der Waals surface area contributed by atoms with Crippen molar-refractivity contribution in [3.05, 3.63) is 46.5 Å². The quantitative estimate of drug-likeness (QED) is 0.503. The van der Waals surface area contributed by atoms with Crippen molar-refractivity contribution in [3.63, 3.8) is 0 Å². The second-order valence-corrected chi connectivity index (χ2v) is 7.63. The third kappa shape index (κ3) is 5.90. The van der Waals surface area contributed by atoms with Gasteiger partial charge in [0.25, 0.3) is 0 Å². The highest BCUT2D eigenvalue weighted by Gasteiger charge is 2.41. The number of guanidine groups is 1. The molecule has 25 heavy (non-hydrogen) atoms. The Bertz CT molecular complexity index is 634. The molecule has 1 aliphatic carbocycles. The highest BCUT2D eigenvalue weighted by Crippen LogP contribution is 2.48. The summed E-state index contributed by atoms with van der Waals surface area (Å²) in [4.78, 5) is 6.01. The molecule has 2 N–H and O–H groups in total. The van der Waals surface area contributed by atoms with Crippen molar-refractivity contribution >= 4 is 17.3 Å². The number of methoxy groups -OCH3 is 1. The number of ether oxygens (including phenoxy) is 1. The van der Waals surface area contributed by atoms with Gasteiger partial charge in [-0.05, 0) is 48.3 Å². The second kappa shape index (κ2) is 9.06. The Balaban J connectivity index is 1.51. The summed E-state index contributed by atoms with van der Waals surface area (Å²) in [7, 11) is 1.77. The molecule has 1 aliphatic rings. The van der Waals surface area contributed by atoms with Crippen LogP contribution >= 0.6 is 11.3 Å². The van der Waals surface area contributed by atoms with E-state index in [0.29, 0.717) is 12.0 Å². The predicted molar refractivity (Wildman–Crippen MR) is 102 cm³/mol. The summed E-state index contributed by atoms with van der Waals surface area (Å²) in [6.07, 6.45) is 6.22. The minimum Gasteiger partial charge on any atom is -0.469 e. The van der Waals surface area contributed by atoms with E-state index in [1.165, 1.54) is 17.7 Å². The number of hydrogen-bond donors (Lipinski definition) is 2. The number of hydrogen-bond acceptors (Lipinski definition) is 4. The molecule has 0 saturated heterocycles. The fraction of sp³-hybridized carbons (Fsp3) is 0.526. The Kier molecular flexibility index (Phi) is 6.53. The van der Waals surface area contributed by atoms with E-state index in [9.17, 15) is 0 Å². The van der Waals surface area contributed by atoms with Gasteiger partial charge in [-0.2, -0.15) is 0 Å². The lowest BCUT2D eigenvalue weighted by Crippen LogP contribution is -2.41. The van der Waals surface area contributed by atoms with E-state index in [2.05, 4.69) is 28.1 Å². The lowest BCUT2D eigenvalue weighted by atomic mass is 10.0. The summed E-state index contributed by atoms with van der Waals surface area (Å²) in [5, 5.41) is 9.05. The Hall–Kier alpha value is -1.79. The molecular formula is C19H27N3O2S. The van der Waals surface area contributed by atoms with Crippen LogP contribution in [0.3, 0.4) is 0 Å². The molecule has 0 aliphatic heterocycles. The minimum atomic E-state index is 0.391. The van der Waals surface area contributed by atoms with Gasteiger partial charge in [-0.25, -0.2) is 4.99 Å². The number of aliphatic imine (C=N–C) groups is 1. The zero-order valence-corrected chi connectivity index (χ0v) is 15.6. The fourth-order valence-electron chi connectivity index (χ4n) is 2.77. The summed E-state index contributed by atoms with van der Waals surface area (Å²) >= 11 is 1.74. The average Bonchev–Trinajstić information content (AvgIpc) is 3.04. The van der Waals surface area contributed by atoms with Crippen LogP contribution < -0.4 is 10.6 Å². The zero-order valence-electron chi connectivity index (χ0n) is 14.8. The van der Waals surface area contributed by atoms with Crippen molar-refractivity contribution in [1.82, 2.24) is 10.6 Å². The minimum absolute atomic E-state index is 0.391. The molecule has 136 valence electrons. The molecule has 5 nitrogen and oxygen atoms in total. The monoisotopic (exact) mass is 361 g/mol. The van der Waals surface area contributed by atoms with Crippen LogP contribution in [0, 0.1) is 5.41 Å². The van der Waals surface area contributed by atoms with Gasteiger partial charge in [0.1, 0.15) is 5.76 Å². The molecule has 2 aromatic rings. The lowest BCUT2D eigenvalue weighted by Gasteiger charge is -2.18. The highest BCUT2D eigenvalue weighted by atomic mass is 32.1. The van der Waals surface area contributed by atoms with E-state index in [4.69, 9.17) is 14.1 Å². The van der Waals surface area contributed by atoms with Gasteiger partial charge in [0.05, 0.1) is 12.8 Å². The van der Waals surface area contributed by atoms with E-state index in [1.807, 2.05) is 12.1 Å². The third-order valence-electron chi connectivity index (χ3n) is 4.64. The SMILES string of the molecule is COCCC1(CNC(=NCc2cccs2)NCCc2ccco2)CC1. The summed E-state index contributed by atoms with van der Waals surface area (Å²) in [5.74, 6) is 1.87. The van der Waals surface area contributed by atoms with Gasteiger partial charge in [0.15, 0.2) is 5.96 Å². The number of thiophene rings is 1. The molecule has 1 saturated carbocycles. The first-order chi connectivity index (χ1) is 12.3. The van der Waals surface area contributed by atoms with Gasteiger partial charge >= 0.3 is 0 Å². The maximum atomic E-state index is 5.39. The van der Waals surface area contributed by atoms with Crippen LogP contribution in [0.5, 0.6) is 0 Å². The first kappa shape index (κ1) is 18.0. The standard InChI is InChI=1S/C19H27N3O2S/c1-23-12-9-19(7-8-19)15-22-18(21-14-17-5-3-13-25-17)20-10-6-16-4-2-11-24-16/h2-5,11,13H,6-10,12,14-15H2,1H3,(H2,20,21,22). The van der Waals surface area contributed by atoms with Crippen LogP contribution in [0.25, 0.3) is 0 Å².